The van der Waals surface area contributed by atoms with Crippen LogP contribution in [0, 0.1) is 6.92 Å². The number of amides is 1. The van der Waals surface area contributed by atoms with Crippen LogP contribution >= 0.6 is 0 Å². The quantitative estimate of drug-likeness (QED) is 0.0735. The van der Waals surface area contributed by atoms with Crippen molar-refractivity contribution in [2.24, 2.45) is 5.16 Å². The summed E-state index contributed by atoms with van der Waals surface area (Å²) in [5, 5.41) is 6.68. The highest BCUT2D eigenvalue weighted by Gasteiger charge is 2.18. The lowest BCUT2D eigenvalue weighted by molar-refractivity contribution is -0.108. The Morgan fingerprint density at radius 1 is 1.04 bits per heavy atom. The van der Waals surface area contributed by atoms with E-state index in [9.17, 15) is 18.4 Å². The summed E-state index contributed by atoms with van der Waals surface area (Å²) in [7, 11) is 0. The topological polar surface area (TPSA) is 94.8 Å². The number of hydrogen-bond acceptors (Lipinski definition) is 6. The number of aromatic nitrogens is 2. The molecule has 0 spiro atoms. The number of carbonyl (C=O) groups excluding carboxylic acids is 1. The first kappa shape index (κ1) is 33.0. The van der Waals surface area contributed by atoms with E-state index in [1.54, 1.807) is 35.8 Å². The number of rotatable bonds is 15. The molecule has 0 fully saturated rings. The van der Waals surface area contributed by atoms with Crippen LogP contribution < -0.4 is 15.6 Å². The van der Waals surface area contributed by atoms with Crippen molar-refractivity contribution in [1.82, 2.24) is 14.9 Å². The van der Waals surface area contributed by atoms with E-state index in [2.05, 4.69) is 10.5 Å². The van der Waals surface area contributed by atoms with Crippen molar-refractivity contribution in [2.75, 3.05) is 20.0 Å². The van der Waals surface area contributed by atoms with Crippen molar-refractivity contribution in [3.63, 3.8) is 0 Å². The van der Waals surface area contributed by atoms with Crippen LogP contribution in [-0.4, -0.2) is 47.9 Å². The zero-order valence-corrected chi connectivity index (χ0v) is 25.8. The monoisotopic (exact) mass is 616 g/mol. The van der Waals surface area contributed by atoms with E-state index in [0.717, 1.165) is 28.8 Å². The van der Waals surface area contributed by atoms with E-state index in [1.807, 2.05) is 62.4 Å². The van der Waals surface area contributed by atoms with Gasteiger partial charge in [0, 0.05) is 24.0 Å². The molecule has 1 aromatic heterocycles. The number of alkyl halides is 2. The number of nitrogens with zero attached hydrogens (tertiary/aromatic N) is 3. The molecule has 4 aromatic rings. The van der Waals surface area contributed by atoms with Crippen LogP contribution in [0.25, 0.3) is 16.8 Å². The third-order valence-corrected chi connectivity index (χ3v) is 7.23. The number of nitrogens with one attached hydrogen (secondary N) is 1. The van der Waals surface area contributed by atoms with Gasteiger partial charge in [0.1, 0.15) is 31.0 Å². The van der Waals surface area contributed by atoms with Gasteiger partial charge in [-0.3, -0.25) is 18.5 Å². The van der Waals surface area contributed by atoms with E-state index < -0.39 is 19.5 Å². The number of halogens is 2. The Labute approximate surface area is 261 Å². The molecule has 8 nitrogen and oxygen atoms in total. The number of carbonyl (C=O) groups is 1. The normalized spacial score (nSPS) is 12.1. The van der Waals surface area contributed by atoms with Crippen molar-refractivity contribution in [1.29, 1.82) is 0 Å². The van der Waals surface area contributed by atoms with Crippen molar-refractivity contribution in [2.45, 2.75) is 52.6 Å². The van der Waals surface area contributed by atoms with E-state index in [4.69, 9.17) is 14.6 Å². The van der Waals surface area contributed by atoms with Gasteiger partial charge in [-0.05, 0) is 61.2 Å². The molecule has 1 heterocycles. The number of aryl methyl sites for hydroxylation is 2. The Kier molecular flexibility index (Phi) is 12.0. The van der Waals surface area contributed by atoms with Gasteiger partial charge in [-0.15, -0.1) is 0 Å². The Bertz CT molecular complexity index is 1650. The first-order chi connectivity index (χ1) is 21.9. The van der Waals surface area contributed by atoms with Gasteiger partial charge in [-0.2, -0.15) is 0 Å². The van der Waals surface area contributed by atoms with Gasteiger partial charge in [0.25, 0.3) is 5.56 Å². The maximum atomic E-state index is 14.0. The minimum atomic E-state index is -0.856. The Balaban J connectivity index is 1.66. The van der Waals surface area contributed by atoms with Crippen LogP contribution in [0.3, 0.4) is 0 Å². The first-order valence-electron chi connectivity index (χ1n) is 15.0. The molecular formula is C35H38F2N4O4. The number of oxime groups is 1. The molecule has 0 bridgehead atoms. The average molecular weight is 617 g/mol. The molecule has 0 aliphatic carbocycles. The average Bonchev–Trinajstić information content (AvgIpc) is 3.06. The molecule has 0 aliphatic rings. The fourth-order valence-electron chi connectivity index (χ4n) is 5.08. The van der Waals surface area contributed by atoms with Crippen LogP contribution in [0.4, 0.5) is 8.78 Å². The fourth-order valence-corrected chi connectivity index (χ4v) is 5.08. The molecule has 1 atom stereocenters. The summed E-state index contributed by atoms with van der Waals surface area (Å²) in [6.45, 7) is 4.56. The largest absolute Gasteiger partial charge is 0.488 e. The van der Waals surface area contributed by atoms with Crippen molar-refractivity contribution < 1.29 is 23.1 Å². The minimum Gasteiger partial charge on any atom is -0.488 e. The Morgan fingerprint density at radius 3 is 2.42 bits per heavy atom. The Morgan fingerprint density at radius 2 is 1.78 bits per heavy atom. The zero-order chi connectivity index (χ0) is 32.2. The van der Waals surface area contributed by atoms with Crippen LogP contribution in [0.5, 0.6) is 5.75 Å². The van der Waals surface area contributed by atoms with Crippen molar-refractivity contribution in [3.8, 4) is 22.6 Å². The van der Waals surface area contributed by atoms with Gasteiger partial charge in [0.2, 0.25) is 6.41 Å². The molecular weight excluding hydrogens is 578 g/mol. The van der Waals surface area contributed by atoms with Crippen LogP contribution in [0.2, 0.25) is 0 Å². The van der Waals surface area contributed by atoms with Crippen LogP contribution in [0.1, 0.15) is 54.9 Å². The first-order valence-corrected chi connectivity index (χ1v) is 15.0. The molecule has 10 heteroatoms. The van der Waals surface area contributed by atoms with Gasteiger partial charge in [-0.25, -0.2) is 9.37 Å². The number of benzene rings is 3. The molecule has 45 heavy (non-hydrogen) atoms. The van der Waals surface area contributed by atoms with Crippen LogP contribution in [-0.2, 0) is 22.5 Å². The summed E-state index contributed by atoms with van der Waals surface area (Å²) in [5.41, 5.74) is 5.22. The lowest BCUT2D eigenvalue weighted by Gasteiger charge is -2.17. The number of ether oxygens (including phenoxy) is 1. The smallest absolute Gasteiger partial charge is 0.261 e. The highest BCUT2D eigenvalue weighted by molar-refractivity contribution is 6.08. The number of amidine groups is 1. The van der Waals surface area contributed by atoms with E-state index >= 15 is 0 Å². The molecule has 0 saturated heterocycles. The maximum absolute atomic E-state index is 14.0. The van der Waals surface area contributed by atoms with Gasteiger partial charge >= 0.3 is 0 Å². The summed E-state index contributed by atoms with van der Waals surface area (Å²) in [5.74, 6) is 1.26. The van der Waals surface area contributed by atoms with Gasteiger partial charge in [0.15, 0.2) is 5.84 Å². The minimum absolute atomic E-state index is 0.0307. The lowest BCUT2D eigenvalue weighted by atomic mass is 9.96. The summed E-state index contributed by atoms with van der Waals surface area (Å²) < 4.78 is 33.0. The van der Waals surface area contributed by atoms with E-state index in [0.29, 0.717) is 60.1 Å². The predicted molar refractivity (Wildman–Crippen MR) is 172 cm³/mol. The highest BCUT2D eigenvalue weighted by atomic mass is 19.1. The third kappa shape index (κ3) is 8.20. The predicted octanol–water partition coefficient (Wildman–Crippen LogP) is 6.27. The SMILES string of the molecule is CCCc1nc(C)n(-c2ccc(OC(CF)CCF)cc2)c(=O)c1Cc1ccc(-c2ccccc2/C(=N/OCC)NC=O)cc1. The molecule has 1 unspecified atom stereocenters. The van der Waals surface area contributed by atoms with Crippen molar-refractivity contribution >= 4 is 12.2 Å². The molecule has 0 radical (unpaired) electrons. The number of hydrogen-bond donors (Lipinski definition) is 1. The molecule has 1 amide bonds. The second kappa shape index (κ2) is 16.3. The molecule has 3 aromatic carbocycles. The zero-order valence-electron chi connectivity index (χ0n) is 25.8. The standard InChI is InChI=1S/C35H38F2N4O4/c1-4-8-33-32(35(43)41(24(3)39-33)27-15-17-28(18-16-27)45-29(22-37)19-20-36)21-25-11-13-26(14-12-25)30-9-6-7-10-31(30)34(38-23-42)40-44-5-2/h6-7,9-18,23,29H,4-5,8,19-22H2,1-3H3,(H,38,40,42). The second-order valence-electron chi connectivity index (χ2n) is 10.4. The highest BCUT2D eigenvalue weighted by Crippen LogP contribution is 2.26. The summed E-state index contributed by atoms with van der Waals surface area (Å²) in [6, 6.07) is 22.2. The van der Waals surface area contributed by atoms with Gasteiger partial charge in [-0.1, -0.05) is 67.0 Å². The van der Waals surface area contributed by atoms with Gasteiger partial charge in [0.05, 0.1) is 18.1 Å². The molecule has 1 N–H and O–H groups in total. The maximum Gasteiger partial charge on any atom is 0.261 e. The third-order valence-electron chi connectivity index (χ3n) is 7.23. The van der Waals surface area contributed by atoms with Crippen LogP contribution in [0.15, 0.2) is 82.7 Å². The lowest BCUT2D eigenvalue weighted by Crippen LogP contribution is -2.28. The van der Waals surface area contributed by atoms with E-state index in [1.165, 1.54) is 0 Å². The molecule has 236 valence electrons. The molecule has 0 aliphatic heterocycles. The Hall–Kier alpha value is -4.86. The summed E-state index contributed by atoms with van der Waals surface area (Å²) in [6.07, 6.45) is 1.56. The molecule has 0 saturated carbocycles. The fraction of sp³-hybridized carbons (Fsp3) is 0.314. The van der Waals surface area contributed by atoms with Gasteiger partial charge < -0.3 is 14.9 Å². The molecule has 4 rings (SSSR count). The second-order valence-corrected chi connectivity index (χ2v) is 10.4. The summed E-state index contributed by atoms with van der Waals surface area (Å²) >= 11 is 0. The van der Waals surface area contributed by atoms with Crippen molar-refractivity contribution in [3.05, 3.63) is 111 Å². The summed E-state index contributed by atoms with van der Waals surface area (Å²) in [4.78, 5) is 35.2. The van der Waals surface area contributed by atoms with E-state index in [-0.39, 0.29) is 12.0 Å².